The average molecular weight is 352 g/mol. The molecule has 0 spiro atoms. The standard InChI is InChI=1S/C21H24N2O3/c1-15-5-3-4-6-18(15)20-21(25)22-13-14-23(20)19(24)12-9-16-7-10-17(26-2)11-8-16/h3-8,10-11,20H,9,12-14H2,1-2H3,(H,22,25). The lowest BCUT2D eigenvalue weighted by Crippen LogP contribution is -2.52. The van der Waals surface area contributed by atoms with Gasteiger partial charge in [-0.15, -0.1) is 0 Å². The summed E-state index contributed by atoms with van der Waals surface area (Å²) in [7, 11) is 1.63. The maximum atomic E-state index is 12.9. The van der Waals surface area contributed by atoms with Crippen LogP contribution in [-0.2, 0) is 16.0 Å². The molecule has 2 aromatic carbocycles. The fraction of sp³-hybridized carbons (Fsp3) is 0.333. The fourth-order valence-electron chi connectivity index (χ4n) is 3.33. The monoisotopic (exact) mass is 352 g/mol. The third-order valence-electron chi connectivity index (χ3n) is 4.80. The van der Waals surface area contributed by atoms with Gasteiger partial charge in [-0.2, -0.15) is 0 Å². The van der Waals surface area contributed by atoms with Crippen molar-refractivity contribution in [3.8, 4) is 5.75 Å². The molecule has 1 heterocycles. The Bertz CT molecular complexity index is 786. The van der Waals surface area contributed by atoms with Gasteiger partial charge >= 0.3 is 0 Å². The molecular weight excluding hydrogens is 328 g/mol. The summed E-state index contributed by atoms with van der Waals surface area (Å²) in [4.78, 5) is 27.1. The molecule has 2 aromatic rings. The predicted octanol–water partition coefficient (Wildman–Crippen LogP) is 2.64. The quantitative estimate of drug-likeness (QED) is 0.900. The Balaban J connectivity index is 1.73. The fourth-order valence-corrected chi connectivity index (χ4v) is 3.33. The molecule has 136 valence electrons. The number of piperazine rings is 1. The SMILES string of the molecule is COc1ccc(CCC(=O)N2CCNC(=O)C2c2ccccc2C)cc1. The highest BCUT2D eigenvalue weighted by molar-refractivity contribution is 5.90. The lowest BCUT2D eigenvalue weighted by Gasteiger charge is -2.36. The molecule has 26 heavy (non-hydrogen) atoms. The Morgan fingerprint density at radius 3 is 2.62 bits per heavy atom. The number of nitrogens with zero attached hydrogens (tertiary/aromatic N) is 1. The third-order valence-corrected chi connectivity index (χ3v) is 4.80. The van der Waals surface area contributed by atoms with E-state index in [1.54, 1.807) is 12.0 Å². The second-order valence-corrected chi connectivity index (χ2v) is 6.49. The van der Waals surface area contributed by atoms with Crippen molar-refractivity contribution in [3.05, 3.63) is 65.2 Å². The van der Waals surface area contributed by atoms with Crippen LogP contribution >= 0.6 is 0 Å². The van der Waals surface area contributed by atoms with Crippen LogP contribution in [0.4, 0.5) is 0 Å². The predicted molar refractivity (Wildman–Crippen MR) is 100.0 cm³/mol. The van der Waals surface area contributed by atoms with Gasteiger partial charge in [-0.25, -0.2) is 0 Å². The Kier molecular flexibility index (Phi) is 5.56. The second-order valence-electron chi connectivity index (χ2n) is 6.49. The van der Waals surface area contributed by atoms with Crippen LogP contribution in [0.2, 0.25) is 0 Å². The van der Waals surface area contributed by atoms with Crippen molar-refractivity contribution < 1.29 is 14.3 Å². The van der Waals surface area contributed by atoms with E-state index in [1.807, 2.05) is 55.5 Å². The number of hydrogen-bond donors (Lipinski definition) is 1. The first-order valence-corrected chi connectivity index (χ1v) is 8.86. The van der Waals surface area contributed by atoms with Crippen LogP contribution in [0.5, 0.6) is 5.75 Å². The van der Waals surface area contributed by atoms with Crippen LogP contribution in [0, 0.1) is 6.92 Å². The summed E-state index contributed by atoms with van der Waals surface area (Å²) >= 11 is 0. The van der Waals surface area contributed by atoms with Crippen molar-refractivity contribution in [3.63, 3.8) is 0 Å². The summed E-state index contributed by atoms with van der Waals surface area (Å²) in [5.41, 5.74) is 2.98. The van der Waals surface area contributed by atoms with E-state index in [0.29, 0.717) is 25.9 Å². The van der Waals surface area contributed by atoms with Crippen LogP contribution in [0.1, 0.15) is 29.2 Å². The Labute approximate surface area is 154 Å². The molecule has 0 aliphatic carbocycles. The van der Waals surface area contributed by atoms with Gasteiger partial charge < -0.3 is 15.0 Å². The summed E-state index contributed by atoms with van der Waals surface area (Å²) in [6.07, 6.45) is 1.02. The first kappa shape index (κ1) is 18.0. The summed E-state index contributed by atoms with van der Waals surface area (Å²) in [6, 6.07) is 14.9. The van der Waals surface area contributed by atoms with Crippen molar-refractivity contribution in [2.45, 2.75) is 25.8 Å². The zero-order chi connectivity index (χ0) is 18.5. The minimum atomic E-state index is -0.548. The molecular formula is C21H24N2O3. The molecule has 0 bridgehead atoms. The summed E-state index contributed by atoms with van der Waals surface area (Å²) < 4.78 is 5.16. The van der Waals surface area contributed by atoms with Crippen LogP contribution in [0.15, 0.2) is 48.5 Å². The highest BCUT2D eigenvalue weighted by atomic mass is 16.5. The van der Waals surface area contributed by atoms with E-state index in [2.05, 4.69) is 5.32 Å². The molecule has 1 atom stereocenters. The van der Waals surface area contributed by atoms with Gasteiger partial charge in [0, 0.05) is 19.5 Å². The molecule has 3 rings (SSSR count). The van der Waals surface area contributed by atoms with Crippen LogP contribution in [-0.4, -0.2) is 36.9 Å². The van der Waals surface area contributed by atoms with Gasteiger partial charge in [0.2, 0.25) is 11.8 Å². The van der Waals surface area contributed by atoms with Crippen LogP contribution < -0.4 is 10.1 Å². The number of nitrogens with one attached hydrogen (secondary N) is 1. The molecule has 0 radical (unpaired) electrons. The van der Waals surface area contributed by atoms with E-state index in [9.17, 15) is 9.59 Å². The van der Waals surface area contributed by atoms with Gasteiger partial charge in [0.1, 0.15) is 11.8 Å². The number of rotatable bonds is 5. The Morgan fingerprint density at radius 1 is 1.19 bits per heavy atom. The molecule has 0 aromatic heterocycles. The van der Waals surface area contributed by atoms with E-state index in [1.165, 1.54) is 0 Å². The van der Waals surface area contributed by atoms with Crippen molar-refractivity contribution in [1.29, 1.82) is 0 Å². The molecule has 1 aliphatic heterocycles. The number of carbonyl (C=O) groups excluding carboxylic acids is 2. The second kappa shape index (κ2) is 8.04. The molecule has 2 amide bonds. The maximum absolute atomic E-state index is 12.9. The molecule has 5 heteroatoms. The maximum Gasteiger partial charge on any atom is 0.247 e. The van der Waals surface area contributed by atoms with Crippen molar-refractivity contribution >= 4 is 11.8 Å². The first-order chi connectivity index (χ1) is 12.6. The van der Waals surface area contributed by atoms with Gasteiger partial charge in [-0.3, -0.25) is 9.59 Å². The largest absolute Gasteiger partial charge is 0.497 e. The topological polar surface area (TPSA) is 58.6 Å². The molecule has 5 nitrogen and oxygen atoms in total. The normalized spacial score (nSPS) is 16.9. The highest BCUT2D eigenvalue weighted by Crippen LogP contribution is 2.27. The Hall–Kier alpha value is -2.82. The number of amides is 2. The van der Waals surface area contributed by atoms with E-state index in [-0.39, 0.29) is 11.8 Å². The van der Waals surface area contributed by atoms with E-state index in [0.717, 1.165) is 22.4 Å². The number of methoxy groups -OCH3 is 1. The lowest BCUT2D eigenvalue weighted by atomic mass is 9.97. The number of aryl methyl sites for hydroxylation is 2. The summed E-state index contributed by atoms with van der Waals surface area (Å²) in [5, 5.41) is 2.88. The van der Waals surface area contributed by atoms with Crippen LogP contribution in [0.3, 0.4) is 0 Å². The zero-order valence-corrected chi connectivity index (χ0v) is 15.2. The van der Waals surface area contributed by atoms with Crippen molar-refractivity contribution in [1.82, 2.24) is 10.2 Å². The first-order valence-electron chi connectivity index (χ1n) is 8.86. The average Bonchev–Trinajstić information content (AvgIpc) is 2.67. The number of hydrogen-bond acceptors (Lipinski definition) is 3. The number of ether oxygens (including phenoxy) is 1. The van der Waals surface area contributed by atoms with Crippen molar-refractivity contribution in [2.75, 3.05) is 20.2 Å². The summed E-state index contributed by atoms with van der Waals surface area (Å²) in [6.45, 7) is 3.00. The summed E-state index contributed by atoms with van der Waals surface area (Å²) in [5.74, 6) is 0.694. The van der Waals surface area contributed by atoms with E-state index in [4.69, 9.17) is 4.74 Å². The lowest BCUT2D eigenvalue weighted by molar-refractivity contribution is -0.143. The van der Waals surface area contributed by atoms with Gasteiger partial charge in [-0.1, -0.05) is 36.4 Å². The number of carbonyl (C=O) groups is 2. The highest BCUT2D eigenvalue weighted by Gasteiger charge is 2.34. The number of benzene rings is 2. The molecule has 0 saturated carbocycles. The minimum absolute atomic E-state index is 0.00363. The smallest absolute Gasteiger partial charge is 0.247 e. The zero-order valence-electron chi connectivity index (χ0n) is 15.2. The van der Waals surface area contributed by atoms with Crippen molar-refractivity contribution in [2.24, 2.45) is 0 Å². The van der Waals surface area contributed by atoms with Gasteiger partial charge in [-0.05, 0) is 42.2 Å². The molecule has 1 aliphatic rings. The van der Waals surface area contributed by atoms with E-state index >= 15 is 0 Å². The van der Waals surface area contributed by atoms with Gasteiger partial charge in [0.15, 0.2) is 0 Å². The minimum Gasteiger partial charge on any atom is -0.497 e. The van der Waals surface area contributed by atoms with E-state index < -0.39 is 6.04 Å². The molecule has 1 N–H and O–H groups in total. The van der Waals surface area contributed by atoms with Crippen LogP contribution in [0.25, 0.3) is 0 Å². The molecule has 1 fully saturated rings. The van der Waals surface area contributed by atoms with Gasteiger partial charge in [0.25, 0.3) is 0 Å². The molecule has 1 saturated heterocycles. The molecule has 1 unspecified atom stereocenters. The Morgan fingerprint density at radius 2 is 1.92 bits per heavy atom. The van der Waals surface area contributed by atoms with Gasteiger partial charge in [0.05, 0.1) is 7.11 Å². The third kappa shape index (κ3) is 3.87.